The first-order chi connectivity index (χ1) is 13.7. The zero-order valence-electron chi connectivity index (χ0n) is 16.0. The Hall–Kier alpha value is -2.77. The van der Waals surface area contributed by atoms with E-state index in [0.29, 0.717) is 34.7 Å². The smallest absolute Gasteiger partial charge is 0.266 e. The molecule has 1 saturated heterocycles. The Morgan fingerprint density at radius 1 is 1.04 bits per heavy atom. The van der Waals surface area contributed by atoms with E-state index < -0.39 is 0 Å². The third-order valence-corrected chi connectivity index (χ3v) is 5.10. The predicted molar refractivity (Wildman–Crippen MR) is 112 cm³/mol. The largest absolute Gasteiger partial charge is 0.493 e. The van der Waals surface area contributed by atoms with Crippen LogP contribution < -0.4 is 9.47 Å². The Morgan fingerprint density at radius 2 is 1.79 bits per heavy atom. The molecule has 1 fully saturated rings. The number of amides is 1. The van der Waals surface area contributed by atoms with Crippen molar-refractivity contribution in [2.75, 3.05) is 34.5 Å². The van der Waals surface area contributed by atoms with Crippen LogP contribution in [0.1, 0.15) is 5.56 Å². The van der Waals surface area contributed by atoms with Crippen molar-refractivity contribution in [1.29, 1.82) is 0 Å². The third-order valence-electron chi connectivity index (χ3n) is 4.09. The lowest BCUT2D eigenvalue weighted by atomic mass is 10.2. The predicted octanol–water partition coefficient (Wildman–Crippen LogP) is 3.95. The second-order valence-electron chi connectivity index (χ2n) is 5.90. The fourth-order valence-electron chi connectivity index (χ4n) is 2.68. The number of para-hydroxylation sites is 1. The van der Waals surface area contributed by atoms with E-state index in [9.17, 15) is 4.79 Å². The number of carbonyl (C=O) groups excluding carboxylic acids is 1. The van der Waals surface area contributed by atoms with Crippen molar-refractivity contribution in [2.24, 2.45) is 4.99 Å². The first kappa shape index (κ1) is 20.0. The molecule has 0 saturated carbocycles. The highest BCUT2D eigenvalue weighted by molar-refractivity contribution is 8.18. The summed E-state index contributed by atoms with van der Waals surface area (Å²) in [6.07, 6.45) is 1.84. The third kappa shape index (κ3) is 4.55. The van der Waals surface area contributed by atoms with Crippen molar-refractivity contribution in [3.63, 3.8) is 0 Å². The normalized spacial score (nSPS) is 16.8. The molecule has 0 spiro atoms. The lowest BCUT2D eigenvalue weighted by Crippen LogP contribution is -2.32. The zero-order chi connectivity index (χ0) is 19.9. The van der Waals surface area contributed by atoms with Crippen LogP contribution in [0.5, 0.6) is 11.5 Å². The van der Waals surface area contributed by atoms with Crippen molar-refractivity contribution < 1.29 is 19.0 Å². The van der Waals surface area contributed by atoms with E-state index in [0.717, 1.165) is 11.3 Å². The second kappa shape index (κ2) is 9.43. The first-order valence-corrected chi connectivity index (χ1v) is 9.54. The molecule has 0 aromatic heterocycles. The van der Waals surface area contributed by atoms with Gasteiger partial charge in [0.2, 0.25) is 0 Å². The molecule has 3 rings (SSSR count). The molecule has 0 unspecified atom stereocenters. The van der Waals surface area contributed by atoms with E-state index in [1.165, 1.54) is 11.8 Å². The van der Waals surface area contributed by atoms with Crippen LogP contribution >= 0.6 is 11.8 Å². The number of hydrogen-bond acceptors (Lipinski definition) is 6. The van der Waals surface area contributed by atoms with Gasteiger partial charge in [-0.1, -0.05) is 24.3 Å². The van der Waals surface area contributed by atoms with Gasteiger partial charge >= 0.3 is 0 Å². The van der Waals surface area contributed by atoms with Gasteiger partial charge in [0.25, 0.3) is 5.91 Å². The van der Waals surface area contributed by atoms with Gasteiger partial charge in [-0.25, -0.2) is 4.99 Å². The zero-order valence-corrected chi connectivity index (χ0v) is 16.9. The topological polar surface area (TPSA) is 60.4 Å². The average Bonchev–Trinajstić information content (AvgIpc) is 3.01. The molecule has 1 aliphatic heterocycles. The second-order valence-corrected chi connectivity index (χ2v) is 6.91. The standard InChI is InChI=1S/C21H22N2O4S/c1-25-12-11-23-20(24)19(28-21(23)22-16-7-5-4-6-8-16)14-15-9-10-17(26-2)18(13-15)27-3/h4-10,13-14H,11-12H2,1-3H3/b19-14+,22-21?. The van der Waals surface area contributed by atoms with E-state index in [4.69, 9.17) is 14.2 Å². The van der Waals surface area contributed by atoms with Gasteiger partial charge in [-0.3, -0.25) is 9.69 Å². The van der Waals surface area contributed by atoms with Crippen LogP contribution in [0.3, 0.4) is 0 Å². The molecule has 2 aromatic carbocycles. The van der Waals surface area contributed by atoms with E-state index in [-0.39, 0.29) is 5.91 Å². The molecule has 7 heteroatoms. The summed E-state index contributed by atoms with van der Waals surface area (Å²) < 4.78 is 15.8. The minimum atomic E-state index is -0.0912. The maximum absolute atomic E-state index is 12.9. The summed E-state index contributed by atoms with van der Waals surface area (Å²) in [5, 5.41) is 0.639. The van der Waals surface area contributed by atoms with E-state index in [1.807, 2.05) is 54.6 Å². The van der Waals surface area contributed by atoms with Gasteiger partial charge < -0.3 is 14.2 Å². The van der Waals surface area contributed by atoms with Crippen molar-refractivity contribution >= 4 is 34.6 Å². The maximum atomic E-state index is 12.9. The number of methoxy groups -OCH3 is 3. The highest BCUT2D eigenvalue weighted by Gasteiger charge is 2.33. The van der Waals surface area contributed by atoms with Crippen molar-refractivity contribution in [3.8, 4) is 11.5 Å². The van der Waals surface area contributed by atoms with Gasteiger partial charge in [0.05, 0.1) is 38.0 Å². The Balaban J connectivity index is 1.93. The maximum Gasteiger partial charge on any atom is 0.266 e. The first-order valence-electron chi connectivity index (χ1n) is 8.72. The fourth-order valence-corrected chi connectivity index (χ4v) is 3.70. The summed E-state index contributed by atoms with van der Waals surface area (Å²) in [6.45, 7) is 0.876. The summed E-state index contributed by atoms with van der Waals surface area (Å²) in [5.41, 5.74) is 1.65. The van der Waals surface area contributed by atoms with Crippen molar-refractivity contribution in [1.82, 2.24) is 4.90 Å². The van der Waals surface area contributed by atoms with Gasteiger partial charge in [0.15, 0.2) is 16.7 Å². The summed E-state index contributed by atoms with van der Waals surface area (Å²) >= 11 is 1.35. The van der Waals surface area contributed by atoms with E-state index in [2.05, 4.69) is 4.99 Å². The number of rotatable bonds is 7. The Bertz CT molecular complexity index is 897. The lowest BCUT2D eigenvalue weighted by molar-refractivity contribution is -0.122. The summed E-state index contributed by atoms with van der Waals surface area (Å²) in [4.78, 5) is 19.8. The van der Waals surface area contributed by atoms with Crippen LogP contribution in [0.25, 0.3) is 6.08 Å². The van der Waals surface area contributed by atoms with Gasteiger partial charge in [0.1, 0.15) is 0 Å². The Labute approximate surface area is 168 Å². The molecule has 146 valence electrons. The van der Waals surface area contributed by atoms with Gasteiger partial charge in [0, 0.05) is 7.11 Å². The summed E-state index contributed by atoms with van der Waals surface area (Å²) in [6, 6.07) is 15.1. The Morgan fingerprint density at radius 3 is 2.46 bits per heavy atom. The lowest BCUT2D eigenvalue weighted by Gasteiger charge is -2.14. The van der Waals surface area contributed by atoms with Gasteiger partial charge in [-0.15, -0.1) is 0 Å². The SMILES string of the molecule is COCCN1C(=O)/C(=C\c2ccc(OC)c(OC)c2)SC1=Nc1ccccc1. The van der Waals surface area contributed by atoms with Crippen molar-refractivity contribution in [2.45, 2.75) is 0 Å². The summed E-state index contributed by atoms with van der Waals surface area (Å²) in [5.74, 6) is 1.16. The molecule has 6 nitrogen and oxygen atoms in total. The number of nitrogens with zero attached hydrogens (tertiary/aromatic N) is 2. The quantitative estimate of drug-likeness (QED) is 0.661. The highest BCUT2D eigenvalue weighted by Crippen LogP contribution is 2.35. The van der Waals surface area contributed by atoms with E-state index >= 15 is 0 Å². The van der Waals surface area contributed by atoms with Gasteiger partial charge in [-0.2, -0.15) is 0 Å². The molecule has 2 aromatic rings. The molecule has 28 heavy (non-hydrogen) atoms. The van der Waals surface area contributed by atoms with Crippen LogP contribution in [0, 0.1) is 0 Å². The van der Waals surface area contributed by atoms with Crippen LogP contribution in [0.2, 0.25) is 0 Å². The van der Waals surface area contributed by atoms with Crippen molar-refractivity contribution in [3.05, 3.63) is 59.0 Å². The molecular weight excluding hydrogens is 376 g/mol. The number of aliphatic imine (C=N–C) groups is 1. The minimum absolute atomic E-state index is 0.0912. The van der Waals surface area contributed by atoms with Gasteiger partial charge in [-0.05, 0) is 47.7 Å². The summed E-state index contributed by atoms with van der Waals surface area (Å²) in [7, 11) is 4.79. The van der Waals surface area contributed by atoms with Crippen LogP contribution in [0.4, 0.5) is 5.69 Å². The number of amidine groups is 1. The molecule has 0 aliphatic carbocycles. The Kier molecular flexibility index (Phi) is 6.73. The molecule has 0 atom stereocenters. The van der Waals surface area contributed by atoms with Crippen LogP contribution in [-0.4, -0.2) is 50.5 Å². The monoisotopic (exact) mass is 398 g/mol. The highest BCUT2D eigenvalue weighted by atomic mass is 32.2. The van der Waals surface area contributed by atoms with Crippen LogP contribution in [-0.2, 0) is 9.53 Å². The molecule has 0 N–H and O–H groups in total. The number of carbonyl (C=O) groups is 1. The molecule has 1 heterocycles. The minimum Gasteiger partial charge on any atom is -0.493 e. The molecule has 0 bridgehead atoms. The number of benzene rings is 2. The number of ether oxygens (including phenoxy) is 3. The van der Waals surface area contributed by atoms with Crippen LogP contribution in [0.15, 0.2) is 58.4 Å². The number of thioether (sulfide) groups is 1. The van der Waals surface area contributed by atoms with E-state index in [1.54, 1.807) is 26.2 Å². The molecule has 1 aliphatic rings. The molecular formula is C21H22N2O4S. The molecule has 0 radical (unpaired) electrons. The number of hydrogen-bond donors (Lipinski definition) is 0. The fraction of sp³-hybridized carbons (Fsp3) is 0.238. The molecule has 1 amide bonds. The average molecular weight is 398 g/mol.